The molecule has 1 amide bonds. The highest BCUT2D eigenvalue weighted by atomic mass is 16.2. The van der Waals surface area contributed by atoms with Crippen LogP contribution in [0.4, 0.5) is 0 Å². The zero-order valence-electron chi connectivity index (χ0n) is 16.3. The summed E-state index contributed by atoms with van der Waals surface area (Å²) in [7, 11) is 0. The molecule has 23 heavy (non-hydrogen) atoms. The number of hydrogen-bond donors (Lipinski definition) is 0. The van der Waals surface area contributed by atoms with Crippen molar-refractivity contribution < 1.29 is 4.79 Å². The van der Waals surface area contributed by atoms with Gasteiger partial charge in [-0.25, -0.2) is 0 Å². The van der Waals surface area contributed by atoms with Gasteiger partial charge in [-0.2, -0.15) is 0 Å². The van der Waals surface area contributed by atoms with E-state index < -0.39 is 0 Å². The third-order valence-corrected chi connectivity index (χ3v) is 5.44. The number of amides is 1. The molecule has 1 aliphatic heterocycles. The van der Waals surface area contributed by atoms with Gasteiger partial charge < -0.3 is 4.90 Å². The molecule has 1 saturated heterocycles. The van der Waals surface area contributed by atoms with Crippen LogP contribution in [0.1, 0.15) is 98.3 Å². The largest absolute Gasteiger partial charge is 0.343 e. The lowest BCUT2D eigenvalue weighted by molar-refractivity contribution is -0.130. The lowest BCUT2D eigenvalue weighted by Gasteiger charge is -2.22. The maximum Gasteiger partial charge on any atom is 0.222 e. The van der Waals surface area contributed by atoms with E-state index in [1.165, 1.54) is 57.8 Å². The van der Waals surface area contributed by atoms with Crippen molar-refractivity contribution in [2.24, 2.45) is 17.8 Å². The van der Waals surface area contributed by atoms with Crippen LogP contribution in [0, 0.1) is 17.8 Å². The first-order valence-corrected chi connectivity index (χ1v) is 10.3. The maximum absolute atomic E-state index is 12.0. The Bertz CT molecular complexity index is 313. The minimum atomic E-state index is 0.397. The Kier molecular flexibility index (Phi) is 10.6. The van der Waals surface area contributed by atoms with E-state index in [1.54, 1.807) is 0 Å². The van der Waals surface area contributed by atoms with Crippen LogP contribution in [0.25, 0.3) is 0 Å². The summed E-state index contributed by atoms with van der Waals surface area (Å²) in [6, 6.07) is 0. The molecule has 0 aromatic rings. The second-order valence-electron chi connectivity index (χ2n) is 8.45. The van der Waals surface area contributed by atoms with Gasteiger partial charge in [-0.3, -0.25) is 4.79 Å². The van der Waals surface area contributed by atoms with Gasteiger partial charge in [0.05, 0.1) is 0 Å². The molecule has 0 saturated carbocycles. The predicted molar refractivity (Wildman–Crippen MR) is 101 cm³/mol. The molecule has 0 spiro atoms. The van der Waals surface area contributed by atoms with E-state index in [-0.39, 0.29) is 0 Å². The van der Waals surface area contributed by atoms with Gasteiger partial charge in [-0.05, 0) is 37.0 Å². The minimum absolute atomic E-state index is 0.397. The summed E-state index contributed by atoms with van der Waals surface area (Å²) in [4.78, 5) is 14.1. The standard InChI is InChI=1S/C21H41NO/c1-18(2)10-8-11-19(3)12-9-13-20(4)15-17-22-16-7-5-6-14-21(22)23/h18-20H,5-17H2,1-4H3. The summed E-state index contributed by atoms with van der Waals surface area (Å²) in [5.41, 5.74) is 0. The molecule has 1 aliphatic rings. The van der Waals surface area contributed by atoms with Gasteiger partial charge in [0.15, 0.2) is 0 Å². The highest BCUT2D eigenvalue weighted by Crippen LogP contribution is 2.21. The molecule has 136 valence electrons. The van der Waals surface area contributed by atoms with Gasteiger partial charge in [-0.15, -0.1) is 0 Å². The van der Waals surface area contributed by atoms with Gasteiger partial charge in [0, 0.05) is 19.5 Å². The van der Waals surface area contributed by atoms with Crippen molar-refractivity contribution in [1.29, 1.82) is 0 Å². The van der Waals surface area contributed by atoms with Crippen molar-refractivity contribution in [2.75, 3.05) is 13.1 Å². The van der Waals surface area contributed by atoms with Crippen molar-refractivity contribution in [3.8, 4) is 0 Å². The summed E-state index contributed by atoms with van der Waals surface area (Å²) >= 11 is 0. The van der Waals surface area contributed by atoms with Crippen LogP contribution < -0.4 is 0 Å². The number of carbonyl (C=O) groups excluding carboxylic acids is 1. The fraction of sp³-hybridized carbons (Fsp3) is 0.952. The Labute approximate surface area is 145 Å². The number of carbonyl (C=O) groups is 1. The zero-order valence-corrected chi connectivity index (χ0v) is 16.3. The lowest BCUT2D eigenvalue weighted by atomic mass is 9.92. The molecule has 0 bridgehead atoms. The summed E-state index contributed by atoms with van der Waals surface area (Å²) in [6.45, 7) is 11.4. The molecule has 1 fully saturated rings. The van der Waals surface area contributed by atoms with Crippen LogP contribution in [0.5, 0.6) is 0 Å². The molecule has 0 aliphatic carbocycles. The van der Waals surface area contributed by atoms with Crippen molar-refractivity contribution >= 4 is 5.91 Å². The molecule has 0 radical (unpaired) electrons. The third-order valence-electron chi connectivity index (χ3n) is 5.44. The summed E-state index contributed by atoms with van der Waals surface area (Å²) < 4.78 is 0. The van der Waals surface area contributed by atoms with Crippen LogP contribution in [0.3, 0.4) is 0 Å². The Morgan fingerprint density at radius 2 is 1.43 bits per heavy atom. The van der Waals surface area contributed by atoms with E-state index in [4.69, 9.17) is 0 Å². The zero-order chi connectivity index (χ0) is 17.1. The van der Waals surface area contributed by atoms with Crippen LogP contribution in [-0.2, 0) is 4.79 Å². The Balaban J connectivity index is 2.07. The number of likely N-dealkylation sites (tertiary alicyclic amines) is 1. The van der Waals surface area contributed by atoms with Gasteiger partial charge >= 0.3 is 0 Å². The summed E-state index contributed by atoms with van der Waals surface area (Å²) in [6.07, 6.45) is 13.7. The molecule has 0 N–H and O–H groups in total. The smallest absolute Gasteiger partial charge is 0.222 e. The fourth-order valence-electron chi connectivity index (χ4n) is 3.63. The topological polar surface area (TPSA) is 20.3 Å². The van der Waals surface area contributed by atoms with E-state index in [0.717, 1.165) is 43.7 Å². The highest BCUT2D eigenvalue weighted by Gasteiger charge is 2.17. The molecule has 1 heterocycles. The van der Waals surface area contributed by atoms with Crippen molar-refractivity contribution in [3.05, 3.63) is 0 Å². The van der Waals surface area contributed by atoms with E-state index in [1.807, 2.05) is 0 Å². The average Bonchev–Trinajstić information content (AvgIpc) is 2.69. The SMILES string of the molecule is CC(C)CCCC(C)CCCC(C)CCN1CCCCCC1=O. The van der Waals surface area contributed by atoms with Crippen molar-refractivity contribution in [1.82, 2.24) is 4.90 Å². The summed E-state index contributed by atoms with van der Waals surface area (Å²) in [5.74, 6) is 2.89. The first-order chi connectivity index (χ1) is 11.0. The van der Waals surface area contributed by atoms with Crippen LogP contribution in [0.2, 0.25) is 0 Å². The first-order valence-electron chi connectivity index (χ1n) is 10.3. The van der Waals surface area contributed by atoms with E-state index in [2.05, 4.69) is 32.6 Å². The van der Waals surface area contributed by atoms with Gasteiger partial charge in [0.1, 0.15) is 0 Å². The molecule has 2 atom stereocenters. The van der Waals surface area contributed by atoms with E-state index >= 15 is 0 Å². The molecule has 0 aromatic carbocycles. The molecular formula is C21H41NO. The average molecular weight is 324 g/mol. The van der Waals surface area contributed by atoms with Crippen LogP contribution in [0.15, 0.2) is 0 Å². The second-order valence-corrected chi connectivity index (χ2v) is 8.45. The lowest BCUT2D eigenvalue weighted by Crippen LogP contribution is -2.32. The molecule has 2 unspecified atom stereocenters. The number of nitrogens with zero attached hydrogens (tertiary/aromatic N) is 1. The van der Waals surface area contributed by atoms with Crippen LogP contribution in [-0.4, -0.2) is 23.9 Å². The molecule has 0 aromatic heterocycles. The normalized spacial score (nSPS) is 19.0. The Morgan fingerprint density at radius 1 is 0.826 bits per heavy atom. The second kappa shape index (κ2) is 11.9. The molecular weight excluding hydrogens is 282 g/mol. The Morgan fingerprint density at radius 3 is 2.09 bits per heavy atom. The van der Waals surface area contributed by atoms with Crippen molar-refractivity contribution in [2.45, 2.75) is 98.3 Å². The summed E-state index contributed by atoms with van der Waals surface area (Å²) in [5, 5.41) is 0. The quantitative estimate of drug-likeness (QED) is 0.453. The first kappa shape index (κ1) is 20.5. The number of hydrogen-bond acceptors (Lipinski definition) is 1. The third kappa shape index (κ3) is 10.0. The van der Waals surface area contributed by atoms with Crippen molar-refractivity contribution in [3.63, 3.8) is 0 Å². The maximum atomic E-state index is 12.0. The van der Waals surface area contributed by atoms with Gasteiger partial charge in [0.2, 0.25) is 5.91 Å². The highest BCUT2D eigenvalue weighted by molar-refractivity contribution is 5.76. The monoisotopic (exact) mass is 323 g/mol. The predicted octanol–water partition coefficient (Wildman–Crippen LogP) is 6.05. The molecule has 1 rings (SSSR count). The minimum Gasteiger partial charge on any atom is -0.343 e. The molecule has 2 heteroatoms. The molecule has 2 nitrogen and oxygen atoms in total. The van der Waals surface area contributed by atoms with Gasteiger partial charge in [-0.1, -0.05) is 72.6 Å². The van der Waals surface area contributed by atoms with E-state index in [0.29, 0.717) is 5.91 Å². The number of rotatable bonds is 11. The fourth-order valence-corrected chi connectivity index (χ4v) is 3.63. The van der Waals surface area contributed by atoms with Gasteiger partial charge in [0.25, 0.3) is 0 Å². The van der Waals surface area contributed by atoms with Crippen LogP contribution >= 0.6 is 0 Å². The Hall–Kier alpha value is -0.530. The van der Waals surface area contributed by atoms with E-state index in [9.17, 15) is 4.79 Å².